The molecule has 0 N–H and O–H groups in total. The van der Waals surface area contributed by atoms with Crippen molar-refractivity contribution in [3.05, 3.63) is 28.2 Å². The Balaban J connectivity index is 2.40. The van der Waals surface area contributed by atoms with Crippen molar-refractivity contribution in [1.29, 1.82) is 0 Å². The Morgan fingerprint density at radius 1 is 1.58 bits per heavy atom. The van der Waals surface area contributed by atoms with Gasteiger partial charge in [-0.25, -0.2) is 0 Å². The molecule has 0 amide bonds. The Kier molecular flexibility index (Phi) is 2.07. The van der Waals surface area contributed by atoms with E-state index in [0.29, 0.717) is 0 Å². The molecule has 2 rings (SSSR count). The molecule has 1 aromatic carbocycles. The van der Waals surface area contributed by atoms with Crippen LogP contribution in [-0.2, 0) is 4.74 Å². The minimum atomic E-state index is 0.273. The zero-order chi connectivity index (χ0) is 8.55. The molecule has 12 heavy (non-hydrogen) atoms. The van der Waals surface area contributed by atoms with E-state index in [9.17, 15) is 0 Å². The van der Waals surface area contributed by atoms with Gasteiger partial charge in [-0.3, -0.25) is 0 Å². The fraction of sp³-hybridized carbons (Fsp3) is 0.333. The summed E-state index contributed by atoms with van der Waals surface area (Å²) in [5.74, 6) is 0.864. The summed E-state index contributed by atoms with van der Waals surface area (Å²) >= 11 is 3.48. The Morgan fingerprint density at radius 3 is 2.92 bits per heavy atom. The fourth-order valence-electron chi connectivity index (χ4n) is 1.16. The van der Waals surface area contributed by atoms with Crippen LogP contribution in [0.5, 0.6) is 5.75 Å². The monoisotopic (exact) mass is 228 g/mol. The van der Waals surface area contributed by atoms with Crippen molar-refractivity contribution in [1.82, 2.24) is 0 Å². The number of benzene rings is 1. The van der Waals surface area contributed by atoms with Crippen molar-refractivity contribution >= 4 is 15.9 Å². The highest BCUT2D eigenvalue weighted by Crippen LogP contribution is 2.39. The summed E-state index contributed by atoms with van der Waals surface area (Å²) < 4.78 is 11.4. The lowest BCUT2D eigenvalue weighted by Crippen LogP contribution is -1.88. The third-order valence-electron chi connectivity index (χ3n) is 1.89. The molecule has 0 bridgehead atoms. The van der Waals surface area contributed by atoms with Gasteiger partial charge in [0.2, 0.25) is 0 Å². The molecule has 1 aromatic rings. The van der Waals surface area contributed by atoms with Crippen molar-refractivity contribution in [2.24, 2.45) is 0 Å². The Bertz CT molecular complexity index is 295. The summed E-state index contributed by atoms with van der Waals surface area (Å²) in [6, 6.07) is 5.95. The van der Waals surface area contributed by atoms with Crippen LogP contribution in [-0.4, -0.2) is 13.7 Å². The molecule has 0 unspecified atom stereocenters. The molecule has 1 heterocycles. The van der Waals surface area contributed by atoms with Gasteiger partial charge in [0.1, 0.15) is 11.9 Å². The summed E-state index contributed by atoms with van der Waals surface area (Å²) in [7, 11) is 1.66. The topological polar surface area (TPSA) is 21.8 Å². The highest BCUT2D eigenvalue weighted by atomic mass is 79.9. The van der Waals surface area contributed by atoms with E-state index in [1.54, 1.807) is 7.11 Å². The quantitative estimate of drug-likeness (QED) is 0.727. The summed E-state index contributed by atoms with van der Waals surface area (Å²) in [6.07, 6.45) is 0.273. The van der Waals surface area contributed by atoms with E-state index in [2.05, 4.69) is 15.9 Å². The van der Waals surface area contributed by atoms with Crippen LogP contribution in [0.4, 0.5) is 0 Å². The minimum Gasteiger partial charge on any atom is -0.496 e. The van der Waals surface area contributed by atoms with E-state index >= 15 is 0 Å². The number of hydrogen-bond acceptors (Lipinski definition) is 2. The van der Waals surface area contributed by atoms with Crippen LogP contribution in [0.25, 0.3) is 0 Å². The van der Waals surface area contributed by atoms with Gasteiger partial charge in [0.25, 0.3) is 0 Å². The first-order valence-corrected chi connectivity index (χ1v) is 4.56. The first-order valence-electron chi connectivity index (χ1n) is 3.77. The zero-order valence-electron chi connectivity index (χ0n) is 6.71. The largest absolute Gasteiger partial charge is 0.496 e. The molecule has 1 fully saturated rings. The van der Waals surface area contributed by atoms with Gasteiger partial charge in [-0.05, 0) is 22.0 Å². The van der Waals surface area contributed by atoms with Crippen molar-refractivity contribution in [3.8, 4) is 5.75 Å². The molecule has 1 atom stereocenters. The highest BCUT2D eigenvalue weighted by Gasteiger charge is 2.27. The molecular formula is C9H9BrO2. The minimum absolute atomic E-state index is 0.273. The Hall–Kier alpha value is -0.540. The SMILES string of the molecule is COc1cccc([C@@H]2CO2)c1Br. The number of methoxy groups -OCH3 is 1. The van der Waals surface area contributed by atoms with Crippen LogP contribution in [0.1, 0.15) is 11.7 Å². The number of halogens is 1. The predicted octanol–water partition coefficient (Wildman–Crippen LogP) is 2.53. The summed E-state index contributed by atoms with van der Waals surface area (Å²) in [5, 5.41) is 0. The molecule has 0 aliphatic carbocycles. The van der Waals surface area contributed by atoms with E-state index in [-0.39, 0.29) is 6.10 Å². The molecule has 1 aliphatic heterocycles. The molecule has 1 aliphatic rings. The van der Waals surface area contributed by atoms with Crippen LogP contribution in [0.15, 0.2) is 22.7 Å². The second kappa shape index (κ2) is 3.07. The van der Waals surface area contributed by atoms with E-state index in [0.717, 1.165) is 16.8 Å². The second-order valence-electron chi connectivity index (χ2n) is 2.69. The molecule has 0 radical (unpaired) electrons. The second-order valence-corrected chi connectivity index (χ2v) is 3.48. The standard InChI is InChI=1S/C9H9BrO2/c1-11-7-4-2-3-6(9(7)10)8-5-12-8/h2-4,8H,5H2,1H3/t8-/m0/s1. The van der Waals surface area contributed by atoms with Crippen LogP contribution in [0.2, 0.25) is 0 Å². The Labute approximate surface area is 79.6 Å². The molecule has 2 nitrogen and oxygen atoms in total. The van der Waals surface area contributed by atoms with E-state index < -0.39 is 0 Å². The normalized spacial score (nSPS) is 20.7. The molecule has 0 aromatic heterocycles. The molecular weight excluding hydrogens is 220 g/mol. The lowest BCUT2D eigenvalue weighted by Gasteiger charge is -2.05. The third-order valence-corrected chi connectivity index (χ3v) is 2.74. The van der Waals surface area contributed by atoms with Crippen molar-refractivity contribution in [2.75, 3.05) is 13.7 Å². The summed E-state index contributed by atoms with van der Waals surface area (Å²) in [5.41, 5.74) is 1.18. The van der Waals surface area contributed by atoms with E-state index in [1.165, 1.54) is 5.56 Å². The lowest BCUT2D eigenvalue weighted by molar-refractivity contribution is 0.401. The van der Waals surface area contributed by atoms with Gasteiger partial charge >= 0.3 is 0 Å². The van der Waals surface area contributed by atoms with E-state index in [1.807, 2.05) is 18.2 Å². The van der Waals surface area contributed by atoms with Crippen LogP contribution < -0.4 is 4.74 Å². The van der Waals surface area contributed by atoms with Crippen LogP contribution in [0.3, 0.4) is 0 Å². The first kappa shape index (κ1) is 8.08. The van der Waals surface area contributed by atoms with Crippen LogP contribution >= 0.6 is 15.9 Å². The van der Waals surface area contributed by atoms with Crippen molar-refractivity contribution in [3.63, 3.8) is 0 Å². The average Bonchev–Trinajstić information content (AvgIpc) is 2.88. The van der Waals surface area contributed by atoms with Crippen molar-refractivity contribution < 1.29 is 9.47 Å². The number of ether oxygens (including phenoxy) is 2. The third kappa shape index (κ3) is 1.34. The predicted molar refractivity (Wildman–Crippen MR) is 49.4 cm³/mol. The molecule has 3 heteroatoms. The maximum Gasteiger partial charge on any atom is 0.133 e. The maximum atomic E-state index is 5.19. The van der Waals surface area contributed by atoms with Gasteiger partial charge in [0.05, 0.1) is 18.2 Å². The smallest absolute Gasteiger partial charge is 0.133 e. The average molecular weight is 229 g/mol. The summed E-state index contributed by atoms with van der Waals surface area (Å²) in [6.45, 7) is 0.825. The number of rotatable bonds is 2. The highest BCUT2D eigenvalue weighted by molar-refractivity contribution is 9.10. The molecule has 0 spiro atoms. The number of epoxide rings is 1. The fourth-order valence-corrected chi connectivity index (χ4v) is 1.84. The van der Waals surface area contributed by atoms with Gasteiger partial charge in [-0.15, -0.1) is 0 Å². The van der Waals surface area contributed by atoms with Gasteiger partial charge in [-0.1, -0.05) is 12.1 Å². The lowest BCUT2D eigenvalue weighted by atomic mass is 10.1. The van der Waals surface area contributed by atoms with Crippen molar-refractivity contribution in [2.45, 2.75) is 6.10 Å². The van der Waals surface area contributed by atoms with Gasteiger partial charge in [-0.2, -0.15) is 0 Å². The molecule has 64 valence electrons. The summed E-state index contributed by atoms with van der Waals surface area (Å²) in [4.78, 5) is 0. The van der Waals surface area contributed by atoms with E-state index in [4.69, 9.17) is 9.47 Å². The number of hydrogen-bond donors (Lipinski definition) is 0. The first-order chi connectivity index (χ1) is 5.83. The van der Waals surface area contributed by atoms with Gasteiger partial charge in [0.15, 0.2) is 0 Å². The van der Waals surface area contributed by atoms with Gasteiger partial charge in [0, 0.05) is 5.56 Å². The zero-order valence-corrected chi connectivity index (χ0v) is 8.30. The maximum absolute atomic E-state index is 5.19. The van der Waals surface area contributed by atoms with Crippen LogP contribution in [0, 0.1) is 0 Å². The Morgan fingerprint density at radius 2 is 2.33 bits per heavy atom. The van der Waals surface area contributed by atoms with Gasteiger partial charge < -0.3 is 9.47 Å². The molecule has 0 saturated carbocycles. The molecule has 1 saturated heterocycles.